The Balaban J connectivity index is 2.16. The number of alkyl halides is 2. The van der Waals surface area contributed by atoms with E-state index >= 15 is 0 Å². The van der Waals surface area contributed by atoms with Crippen LogP contribution >= 0.6 is 11.6 Å². The molecule has 114 valence electrons. The number of carbonyl (C=O) groups is 1. The molecule has 0 atom stereocenters. The number of hydrogen-bond donors (Lipinski definition) is 1. The third-order valence-electron chi connectivity index (χ3n) is 3.31. The molecule has 1 amide bonds. The van der Waals surface area contributed by atoms with Gasteiger partial charge < -0.3 is 10.1 Å². The highest BCUT2D eigenvalue weighted by Crippen LogP contribution is 2.46. The van der Waals surface area contributed by atoms with E-state index in [1.807, 2.05) is 0 Å². The summed E-state index contributed by atoms with van der Waals surface area (Å²) in [5.74, 6) is 0.173. The summed E-state index contributed by atoms with van der Waals surface area (Å²) in [4.78, 5) is 15.2. The number of halogens is 3. The molecule has 0 bridgehead atoms. The van der Waals surface area contributed by atoms with Crippen molar-refractivity contribution in [3.63, 3.8) is 0 Å². The quantitative estimate of drug-likeness (QED) is 0.901. The molecule has 2 aromatic rings. The fraction of sp³-hybridized carbons (Fsp3) is 0.200. The molecule has 1 aliphatic heterocycles. The van der Waals surface area contributed by atoms with Crippen molar-refractivity contribution < 1.29 is 18.3 Å². The summed E-state index contributed by atoms with van der Waals surface area (Å²) in [6, 6.07) is 4.68. The molecular weight excluding hydrogens is 314 g/mol. The van der Waals surface area contributed by atoms with Gasteiger partial charge in [-0.3, -0.25) is 4.79 Å². The first-order valence-electron chi connectivity index (χ1n) is 6.47. The fourth-order valence-electron chi connectivity index (χ4n) is 2.39. The second-order valence-electron chi connectivity index (χ2n) is 4.83. The van der Waals surface area contributed by atoms with Gasteiger partial charge in [-0.05, 0) is 23.8 Å². The van der Waals surface area contributed by atoms with Gasteiger partial charge in [-0.1, -0.05) is 11.6 Å². The number of anilines is 1. The van der Waals surface area contributed by atoms with Crippen LogP contribution in [-0.2, 0) is 11.4 Å². The second-order valence-corrected chi connectivity index (χ2v) is 5.24. The minimum Gasteiger partial charge on any atom is -0.488 e. The average molecular weight is 325 g/mol. The predicted octanol–water partition coefficient (Wildman–Crippen LogP) is 4.19. The Hall–Kier alpha value is -2.21. The van der Waals surface area contributed by atoms with Gasteiger partial charge >= 0.3 is 0 Å². The van der Waals surface area contributed by atoms with Gasteiger partial charge in [0.05, 0.1) is 10.6 Å². The highest BCUT2D eigenvalue weighted by Gasteiger charge is 2.27. The molecule has 1 aromatic heterocycles. The van der Waals surface area contributed by atoms with Gasteiger partial charge in [-0.2, -0.15) is 0 Å². The van der Waals surface area contributed by atoms with Crippen molar-refractivity contribution in [2.45, 2.75) is 20.0 Å². The largest absolute Gasteiger partial charge is 0.488 e. The lowest BCUT2D eigenvalue weighted by Gasteiger charge is -2.24. The number of ether oxygens (including phenoxy) is 1. The molecule has 22 heavy (non-hydrogen) atoms. The van der Waals surface area contributed by atoms with E-state index in [0.717, 1.165) is 5.56 Å². The van der Waals surface area contributed by atoms with Gasteiger partial charge in [-0.25, -0.2) is 13.8 Å². The maximum absolute atomic E-state index is 13.2. The van der Waals surface area contributed by atoms with Crippen LogP contribution in [0.2, 0.25) is 5.02 Å². The van der Waals surface area contributed by atoms with Gasteiger partial charge in [-0.15, -0.1) is 0 Å². The van der Waals surface area contributed by atoms with Crippen LogP contribution in [0.1, 0.15) is 24.5 Å². The molecule has 7 heteroatoms. The number of amides is 1. The molecule has 1 N–H and O–H groups in total. The molecule has 3 rings (SSSR count). The molecule has 0 radical (unpaired) electrons. The third-order valence-corrected chi connectivity index (χ3v) is 3.64. The number of aromatic nitrogens is 1. The van der Waals surface area contributed by atoms with E-state index in [9.17, 15) is 13.6 Å². The molecular formula is C15H11ClF2N2O2. The van der Waals surface area contributed by atoms with Crippen LogP contribution in [0, 0.1) is 0 Å². The van der Waals surface area contributed by atoms with Gasteiger partial charge in [0.2, 0.25) is 5.91 Å². The number of rotatable bonds is 2. The highest BCUT2D eigenvalue weighted by molar-refractivity contribution is 6.31. The summed E-state index contributed by atoms with van der Waals surface area (Å²) >= 11 is 5.85. The minimum atomic E-state index is -2.74. The monoisotopic (exact) mass is 324 g/mol. The third kappa shape index (κ3) is 2.50. The molecule has 0 unspecified atom stereocenters. The molecule has 4 nitrogen and oxygen atoms in total. The van der Waals surface area contributed by atoms with Crippen molar-refractivity contribution in [3.8, 4) is 16.9 Å². The van der Waals surface area contributed by atoms with Crippen LogP contribution in [0.5, 0.6) is 5.75 Å². The number of pyridine rings is 1. The number of carbonyl (C=O) groups excluding carboxylic acids is 1. The number of nitrogens with one attached hydrogen (secondary N) is 1. The van der Waals surface area contributed by atoms with E-state index in [1.165, 1.54) is 13.0 Å². The minimum absolute atomic E-state index is 0.0339. The summed E-state index contributed by atoms with van der Waals surface area (Å²) in [5.41, 5.74) is 1.64. The van der Waals surface area contributed by atoms with Gasteiger partial charge in [0, 0.05) is 24.2 Å². The van der Waals surface area contributed by atoms with Crippen LogP contribution in [0.15, 0.2) is 24.4 Å². The van der Waals surface area contributed by atoms with E-state index in [1.54, 1.807) is 18.3 Å². The standard InChI is InChI=1S/C15H11ClF2N2O2/c1-7(21)20-12-4-10-8(5-19-12)6-22-14-9(10)2-3-11(16)13(14)15(17)18/h2-5,15H,6H2,1H3,(H,19,20,21). The fourth-order valence-corrected chi connectivity index (χ4v) is 2.63. The second kappa shape index (κ2) is 5.53. The smallest absolute Gasteiger partial charge is 0.268 e. The molecule has 0 saturated heterocycles. The molecule has 0 spiro atoms. The van der Waals surface area contributed by atoms with Crippen molar-refractivity contribution in [3.05, 3.63) is 40.5 Å². The summed E-state index contributed by atoms with van der Waals surface area (Å²) in [6.07, 6.45) is -1.18. The Bertz CT molecular complexity index is 765. The first-order valence-corrected chi connectivity index (χ1v) is 6.85. The molecule has 2 heterocycles. The van der Waals surface area contributed by atoms with Crippen LogP contribution in [-0.4, -0.2) is 10.9 Å². The van der Waals surface area contributed by atoms with E-state index in [0.29, 0.717) is 16.9 Å². The molecule has 1 aromatic carbocycles. The lowest BCUT2D eigenvalue weighted by Crippen LogP contribution is -2.12. The number of benzene rings is 1. The molecule has 0 saturated carbocycles. The number of hydrogen-bond acceptors (Lipinski definition) is 3. The first-order chi connectivity index (χ1) is 10.5. The Morgan fingerprint density at radius 2 is 2.18 bits per heavy atom. The van der Waals surface area contributed by atoms with E-state index in [-0.39, 0.29) is 28.8 Å². The Morgan fingerprint density at radius 3 is 2.86 bits per heavy atom. The molecule has 0 aliphatic carbocycles. The summed E-state index contributed by atoms with van der Waals surface area (Å²) in [5, 5.41) is 2.54. The molecule has 1 aliphatic rings. The van der Waals surface area contributed by atoms with Crippen molar-refractivity contribution >= 4 is 23.3 Å². The molecule has 0 fully saturated rings. The zero-order chi connectivity index (χ0) is 15.9. The normalized spacial score (nSPS) is 12.4. The number of fused-ring (bicyclic) bond motifs is 3. The van der Waals surface area contributed by atoms with Crippen molar-refractivity contribution in [1.29, 1.82) is 0 Å². The maximum Gasteiger partial charge on any atom is 0.268 e. The van der Waals surface area contributed by atoms with Gasteiger partial charge in [0.15, 0.2) is 0 Å². The summed E-state index contributed by atoms with van der Waals surface area (Å²) in [6.45, 7) is 1.49. The van der Waals surface area contributed by atoms with Crippen LogP contribution in [0.3, 0.4) is 0 Å². The SMILES string of the molecule is CC(=O)Nc1cc2c(cn1)COc1c-2ccc(Cl)c1C(F)F. The Kier molecular flexibility index (Phi) is 3.70. The van der Waals surface area contributed by atoms with Crippen molar-refractivity contribution in [2.24, 2.45) is 0 Å². The lowest BCUT2D eigenvalue weighted by atomic mass is 9.96. The van der Waals surface area contributed by atoms with Gasteiger partial charge in [0.25, 0.3) is 6.43 Å². The van der Waals surface area contributed by atoms with E-state index in [4.69, 9.17) is 16.3 Å². The lowest BCUT2D eigenvalue weighted by molar-refractivity contribution is -0.114. The van der Waals surface area contributed by atoms with Gasteiger partial charge in [0.1, 0.15) is 18.2 Å². The summed E-state index contributed by atoms with van der Waals surface area (Å²) < 4.78 is 31.9. The first kappa shape index (κ1) is 14.7. The predicted molar refractivity (Wildman–Crippen MR) is 78.3 cm³/mol. The van der Waals surface area contributed by atoms with E-state index in [2.05, 4.69) is 10.3 Å². The highest BCUT2D eigenvalue weighted by atomic mass is 35.5. The Morgan fingerprint density at radius 1 is 1.41 bits per heavy atom. The number of nitrogens with zero attached hydrogens (tertiary/aromatic N) is 1. The Labute approximate surface area is 130 Å². The van der Waals surface area contributed by atoms with Crippen molar-refractivity contribution in [2.75, 3.05) is 5.32 Å². The van der Waals surface area contributed by atoms with Crippen LogP contribution < -0.4 is 10.1 Å². The zero-order valence-corrected chi connectivity index (χ0v) is 12.2. The maximum atomic E-state index is 13.2. The van der Waals surface area contributed by atoms with Crippen LogP contribution in [0.25, 0.3) is 11.1 Å². The topological polar surface area (TPSA) is 51.2 Å². The van der Waals surface area contributed by atoms with E-state index < -0.39 is 6.43 Å². The average Bonchev–Trinajstić information content (AvgIpc) is 2.45. The zero-order valence-electron chi connectivity index (χ0n) is 11.5. The van der Waals surface area contributed by atoms with Crippen molar-refractivity contribution in [1.82, 2.24) is 4.98 Å². The summed E-state index contributed by atoms with van der Waals surface area (Å²) in [7, 11) is 0. The van der Waals surface area contributed by atoms with Crippen LogP contribution in [0.4, 0.5) is 14.6 Å².